The molecule has 0 saturated heterocycles. The average molecular weight is 263 g/mol. The number of carbonyl (C=O) groups excluding carboxylic acids is 1. The summed E-state index contributed by atoms with van der Waals surface area (Å²) in [5.74, 6) is 0.496. The lowest BCUT2D eigenvalue weighted by Crippen LogP contribution is -2.38. The Morgan fingerprint density at radius 2 is 2.05 bits per heavy atom. The lowest BCUT2D eigenvalue weighted by atomic mass is 9.70. The molecule has 1 aliphatic carbocycles. The lowest BCUT2D eigenvalue weighted by molar-refractivity contribution is -0.127. The second kappa shape index (κ2) is 5.64. The monoisotopic (exact) mass is 263 g/mol. The first-order chi connectivity index (χ1) is 8.69. The maximum absolute atomic E-state index is 12.4. The van der Waals surface area contributed by atoms with Gasteiger partial charge in [-0.05, 0) is 43.9 Å². The minimum Gasteiger partial charge on any atom is -0.468 e. The molecule has 0 aromatic carbocycles. The van der Waals surface area contributed by atoms with Crippen LogP contribution in [0, 0.1) is 5.41 Å². The van der Waals surface area contributed by atoms with Gasteiger partial charge in [0.05, 0.1) is 0 Å². The van der Waals surface area contributed by atoms with E-state index in [4.69, 9.17) is 4.74 Å². The molecule has 1 aliphatic rings. The van der Waals surface area contributed by atoms with Crippen LogP contribution in [-0.4, -0.2) is 18.9 Å². The van der Waals surface area contributed by atoms with Gasteiger partial charge >= 0.3 is 0 Å². The number of hydrogen-bond acceptors (Lipinski definition) is 3. The molecule has 0 fully saturated rings. The number of ether oxygens (including phenoxy) is 1. The van der Waals surface area contributed by atoms with E-state index in [0.717, 1.165) is 11.1 Å². The normalized spacial score (nSPS) is 22.0. The van der Waals surface area contributed by atoms with Crippen molar-refractivity contribution in [3.8, 4) is 0 Å². The van der Waals surface area contributed by atoms with E-state index in [1.165, 1.54) is 5.57 Å². The fourth-order valence-electron chi connectivity index (χ4n) is 2.47. The molecule has 0 saturated carbocycles. The van der Waals surface area contributed by atoms with Crippen molar-refractivity contribution in [1.29, 1.82) is 0 Å². The number of Topliss-reactive ketones (excluding diaryl/α,β-unsaturated/α-hetero) is 1. The van der Waals surface area contributed by atoms with Crippen LogP contribution in [0.5, 0.6) is 0 Å². The maximum Gasteiger partial charge on any atom is 0.199 e. The molecule has 0 spiro atoms. The Balaban J connectivity index is 3.13. The topological polar surface area (TPSA) is 38.3 Å². The Labute approximate surface area is 116 Å². The number of ketones is 1. The van der Waals surface area contributed by atoms with E-state index in [9.17, 15) is 4.79 Å². The predicted octanol–water partition coefficient (Wildman–Crippen LogP) is 3.34. The first-order valence-corrected chi connectivity index (χ1v) is 6.63. The van der Waals surface area contributed by atoms with Gasteiger partial charge in [-0.2, -0.15) is 0 Å². The highest BCUT2D eigenvalue weighted by Gasteiger charge is 2.39. The van der Waals surface area contributed by atoms with Gasteiger partial charge in [0.2, 0.25) is 0 Å². The summed E-state index contributed by atoms with van der Waals surface area (Å²) in [6.07, 6.45) is 2.34. The summed E-state index contributed by atoms with van der Waals surface area (Å²) in [5, 5.41) is 2.82. The second-order valence-corrected chi connectivity index (χ2v) is 5.99. The number of nitrogens with one attached hydrogen (secondary N) is 1. The first kappa shape index (κ1) is 15.5. The molecule has 3 nitrogen and oxygen atoms in total. The standard InChI is InChI=1S/C16H25NO2/c1-10(2)8-13-11(3)15(18)14(9-16(13,5)6)19-12(4)17-7/h8,14,17H,4,9H2,1-3,5-7H3. The Hall–Kier alpha value is -1.51. The zero-order valence-corrected chi connectivity index (χ0v) is 12.9. The Morgan fingerprint density at radius 1 is 1.47 bits per heavy atom. The van der Waals surface area contributed by atoms with Gasteiger partial charge in [-0.1, -0.05) is 25.5 Å². The third-order valence-corrected chi connectivity index (χ3v) is 3.49. The van der Waals surface area contributed by atoms with Crippen molar-refractivity contribution < 1.29 is 9.53 Å². The van der Waals surface area contributed by atoms with Gasteiger partial charge in [0, 0.05) is 13.5 Å². The highest BCUT2D eigenvalue weighted by molar-refractivity contribution is 6.00. The number of carbonyl (C=O) groups is 1. The zero-order valence-electron chi connectivity index (χ0n) is 12.9. The molecule has 0 radical (unpaired) electrons. The molecule has 1 N–H and O–H groups in total. The summed E-state index contributed by atoms with van der Waals surface area (Å²) in [4.78, 5) is 12.4. The van der Waals surface area contributed by atoms with Gasteiger partial charge in [-0.3, -0.25) is 4.79 Å². The molecule has 0 aromatic heterocycles. The van der Waals surface area contributed by atoms with Crippen LogP contribution < -0.4 is 5.32 Å². The van der Waals surface area contributed by atoms with Gasteiger partial charge in [0.1, 0.15) is 0 Å². The smallest absolute Gasteiger partial charge is 0.199 e. The van der Waals surface area contributed by atoms with Crippen molar-refractivity contribution in [2.24, 2.45) is 5.41 Å². The molecule has 0 heterocycles. The van der Waals surface area contributed by atoms with Crippen LogP contribution in [0.15, 0.2) is 35.3 Å². The van der Waals surface area contributed by atoms with Crippen LogP contribution in [0.1, 0.15) is 41.0 Å². The SMILES string of the molecule is C=C(NC)OC1CC(C)(C)C(C=C(C)C)=C(C)C1=O. The predicted molar refractivity (Wildman–Crippen MR) is 78.6 cm³/mol. The molecule has 19 heavy (non-hydrogen) atoms. The minimum absolute atomic E-state index is 0.0585. The molecule has 1 unspecified atom stereocenters. The van der Waals surface area contributed by atoms with E-state index in [0.29, 0.717) is 12.3 Å². The third kappa shape index (κ3) is 3.49. The summed E-state index contributed by atoms with van der Waals surface area (Å²) in [7, 11) is 1.73. The molecular formula is C16H25NO2. The van der Waals surface area contributed by atoms with E-state index >= 15 is 0 Å². The van der Waals surface area contributed by atoms with Crippen LogP contribution in [0.2, 0.25) is 0 Å². The van der Waals surface area contributed by atoms with E-state index in [2.05, 4.69) is 31.8 Å². The van der Waals surface area contributed by atoms with Crippen molar-refractivity contribution >= 4 is 5.78 Å². The molecule has 3 heteroatoms. The Morgan fingerprint density at radius 3 is 2.53 bits per heavy atom. The Kier molecular flexibility index (Phi) is 4.61. The van der Waals surface area contributed by atoms with Gasteiger partial charge in [0.25, 0.3) is 0 Å². The molecular weight excluding hydrogens is 238 g/mol. The van der Waals surface area contributed by atoms with Crippen LogP contribution >= 0.6 is 0 Å². The quantitative estimate of drug-likeness (QED) is 0.791. The van der Waals surface area contributed by atoms with Gasteiger partial charge < -0.3 is 10.1 Å². The van der Waals surface area contributed by atoms with Crippen LogP contribution in [0.3, 0.4) is 0 Å². The van der Waals surface area contributed by atoms with E-state index in [1.807, 2.05) is 20.8 Å². The van der Waals surface area contributed by atoms with E-state index < -0.39 is 6.10 Å². The Bertz CT molecular complexity index is 451. The summed E-state index contributed by atoms with van der Waals surface area (Å²) < 4.78 is 5.60. The number of allylic oxidation sites excluding steroid dienone is 3. The second-order valence-electron chi connectivity index (χ2n) is 5.99. The molecule has 1 atom stereocenters. The van der Waals surface area contributed by atoms with Gasteiger partial charge in [0.15, 0.2) is 17.8 Å². The van der Waals surface area contributed by atoms with Crippen LogP contribution in [0.4, 0.5) is 0 Å². The molecule has 0 amide bonds. The van der Waals surface area contributed by atoms with E-state index in [1.54, 1.807) is 7.05 Å². The van der Waals surface area contributed by atoms with Crippen molar-refractivity contribution in [3.63, 3.8) is 0 Å². The van der Waals surface area contributed by atoms with Gasteiger partial charge in [-0.15, -0.1) is 0 Å². The molecule has 0 aliphatic heterocycles. The zero-order chi connectivity index (χ0) is 14.8. The van der Waals surface area contributed by atoms with Crippen LogP contribution in [0.25, 0.3) is 0 Å². The third-order valence-electron chi connectivity index (χ3n) is 3.49. The fourth-order valence-corrected chi connectivity index (χ4v) is 2.47. The molecule has 0 aromatic rings. The summed E-state index contributed by atoms with van der Waals surface area (Å²) in [6, 6.07) is 0. The van der Waals surface area contributed by atoms with Crippen molar-refractivity contribution in [3.05, 3.63) is 35.3 Å². The lowest BCUT2D eigenvalue weighted by Gasteiger charge is -2.37. The number of rotatable bonds is 4. The molecule has 106 valence electrons. The van der Waals surface area contributed by atoms with Crippen molar-refractivity contribution in [1.82, 2.24) is 5.32 Å². The minimum atomic E-state index is -0.440. The molecule has 0 bridgehead atoms. The maximum atomic E-state index is 12.4. The highest BCUT2D eigenvalue weighted by atomic mass is 16.5. The van der Waals surface area contributed by atoms with Crippen molar-refractivity contribution in [2.45, 2.75) is 47.1 Å². The van der Waals surface area contributed by atoms with Crippen molar-refractivity contribution in [2.75, 3.05) is 7.05 Å². The molecule has 1 rings (SSSR count). The largest absolute Gasteiger partial charge is 0.468 e. The first-order valence-electron chi connectivity index (χ1n) is 6.63. The average Bonchev–Trinajstić information content (AvgIpc) is 2.31. The highest BCUT2D eigenvalue weighted by Crippen LogP contribution is 2.41. The number of hydrogen-bond donors (Lipinski definition) is 1. The van der Waals surface area contributed by atoms with Crippen LogP contribution in [-0.2, 0) is 9.53 Å². The summed E-state index contributed by atoms with van der Waals surface area (Å²) >= 11 is 0. The summed E-state index contributed by atoms with van der Waals surface area (Å²) in [5.41, 5.74) is 3.04. The summed E-state index contributed by atoms with van der Waals surface area (Å²) in [6.45, 7) is 14.0. The van der Waals surface area contributed by atoms with Gasteiger partial charge in [-0.25, -0.2) is 0 Å². The van der Waals surface area contributed by atoms with E-state index in [-0.39, 0.29) is 11.2 Å². The fraction of sp³-hybridized carbons (Fsp3) is 0.562.